The predicted molar refractivity (Wildman–Crippen MR) is 77.3 cm³/mol. The van der Waals surface area contributed by atoms with Crippen LogP contribution in [-0.4, -0.2) is 30.4 Å². The first-order valence-corrected chi connectivity index (χ1v) is 8.65. The number of rotatable bonds is 6. The molecule has 19 heavy (non-hydrogen) atoms. The molecule has 1 aromatic rings. The fourth-order valence-corrected chi connectivity index (χ4v) is 4.81. The number of benzene rings is 1. The summed E-state index contributed by atoms with van der Waals surface area (Å²) in [6, 6.07) is 5.08. The third-order valence-electron chi connectivity index (χ3n) is 3.16. The summed E-state index contributed by atoms with van der Waals surface area (Å²) in [4.78, 5) is 0.249. The molecule has 1 aliphatic rings. The van der Waals surface area contributed by atoms with Gasteiger partial charge in [0.25, 0.3) is 0 Å². The number of aliphatic hydroxyl groups is 1. The highest BCUT2D eigenvalue weighted by Crippen LogP contribution is 2.34. The van der Waals surface area contributed by atoms with E-state index in [1.165, 1.54) is 0 Å². The van der Waals surface area contributed by atoms with Crippen molar-refractivity contribution < 1.29 is 13.5 Å². The van der Waals surface area contributed by atoms with E-state index in [2.05, 4.69) is 15.9 Å². The van der Waals surface area contributed by atoms with Gasteiger partial charge >= 0.3 is 0 Å². The Bertz CT molecular complexity index is 555. The normalized spacial score (nSPS) is 16.0. The van der Waals surface area contributed by atoms with E-state index in [9.17, 15) is 8.42 Å². The molecule has 0 spiro atoms. The van der Waals surface area contributed by atoms with Gasteiger partial charge in [-0.3, -0.25) is 0 Å². The van der Waals surface area contributed by atoms with Crippen LogP contribution in [0.4, 0.5) is 0 Å². The Morgan fingerprint density at radius 2 is 2.11 bits per heavy atom. The Morgan fingerprint density at radius 1 is 1.42 bits per heavy atom. The lowest BCUT2D eigenvalue weighted by molar-refractivity contribution is 0.281. The molecule has 2 rings (SSSR count). The van der Waals surface area contributed by atoms with E-state index in [-0.39, 0.29) is 17.5 Å². The number of nitrogens with zero attached hydrogens (tertiary/aromatic N) is 1. The second kappa shape index (κ2) is 5.91. The quantitative estimate of drug-likeness (QED) is 0.859. The van der Waals surface area contributed by atoms with Crippen molar-refractivity contribution in [3.05, 3.63) is 28.2 Å². The summed E-state index contributed by atoms with van der Waals surface area (Å²) >= 11 is 3.30. The highest BCUT2D eigenvalue weighted by atomic mass is 79.9. The molecule has 6 heteroatoms. The van der Waals surface area contributed by atoms with Crippen LogP contribution in [0.25, 0.3) is 0 Å². The van der Waals surface area contributed by atoms with Crippen molar-refractivity contribution in [1.29, 1.82) is 0 Å². The van der Waals surface area contributed by atoms with Crippen LogP contribution in [-0.2, 0) is 16.6 Å². The van der Waals surface area contributed by atoms with Crippen LogP contribution in [0.15, 0.2) is 27.6 Å². The lowest BCUT2D eigenvalue weighted by atomic mass is 10.2. The molecule has 4 nitrogen and oxygen atoms in total. The molecule has 0 bridgehead atoms. The van der Waals surface area contributed by atoms with Gasteiger partial charge in [-0.05, 0) is 52.9 Å². The summed E-state index contributed by atoms with van der Waals surface area (Å²) in [5, 5.41) is 9.16. The fraction of sp³-hybridized carbons (Fsp3) is 0.538. The number of halogens is 1. The number of hydrogen-bond donors (Lipinski definition) is 1. The van der Waals surface area contributed by atoms with Gasteiger partial charge in [-0.1, -0.05) is 13.0 Å². The van der Waals surface area contributed by atoms with Gasteiger partial charge in [0, 0.05) is 17.1 Å². The zero-order chi connectivity index (χ0) is 14.0. The molecule has 0 radical (unpaired) electrons. The SMILES string of the molecule is CCCN(C1CC1)S(=O)(=O)c1cc(CO)ccc1Br. The number of hydrogen-bond acceptors (Lipinski definition) is 3. The van der Waals surface area contributed by atoms with E-state index >= 15 is 0 Å². The summed E-state index contributed by atoms with van der Waals surface area (Å²) in [5.41, 5.74) is 0.606. The first-order valence-electron chi connectivity index (χ1n) is 6.41. The minimum Gasteiger partial charge on any atom is -0.392 e. The average molecular weight is 348 g/mol. The molecular weight excluding hydrogens is 330 g/mol. The minimum absolute atomic E-state index is 0.148. The molecule has 1 fully saturated rings. The fourth-order valence-electron chi connectivity index (χ4n) is 2.05. The molecule has 1 aromatic carbocycles. The third-order valence-corrected chi connectivity index (χ3v) is 6.11. The van der Waals surface area contributed by atoms with Gasteiger partial charge in [0.1, 0.15) is 0 Å². The van der Waals surface area contributed by atoms with E-state index < -0.39 is 10.0 Å². The summed E-state index contributed by atoms with van der Waals surface area (Å²) < 4.78 is 27.6. The topological polar surface area (TPSA) is 57.6 Å². The second-order valence-electron chi connectivity index (χ2n) is 4.77. The Morgan fingerprint density at radius 3 is 2.63 bits per heavy atom. The molecule has 1 saturated carbocycles. The largest absolute Gasteiger partial charge is 0.392 e. The van der Waals surface area contributed by atoms with Crippen LogP contribution in [0, 0.1) is 0 Å². The molecule has 0 atom stereocenters. The van der Waals surface area contributed by atoms with Crippen LogP contribution in [0.5, 0.6) is 0 Å². The van der Waals surface area contributed by atoms with Crippen LogP contribution in [0.1, 0.15) is 31.7 Å². The molecule has 0 unspecified atom stereocenters. The van der Waals surface area contributed by atoms with E-state index in [0.717, 1.165) is 19.3 Å². The van der Waals surface area contributed by atoms with Crippen molar-refractivity contribution in [2.24, 2.45) is 0 Å². The maximum atomic E-state index is 12.7. The van der Waals surface area contributed by atoms with Gasteiger partial charge in [0.05, 0.1) is 11.5 Å². The van der Waals surface area contributed by atoms with Crippen molar-refractivity contribution in [2.45, 2.75) is 43.7 Å². The summed E-state index contributed by atoms with van der Waals surface area (Å²) in [7, 11) is -3.49. The van der Waals surface area contributed by atoms with Crippen molar-refractivity contribution in [3.63, 3.8) is 0 Å². The van der Waals surface area contributed by atoms with Gasteiger partial charge in [-0.2, -0.15) is 4.31 Å². The van der Waals surface area contributed by atoms with Crippen LogP contribution < -0.4 is 0 Å². The monoisotopic (exact) mass is 347 g/mol. The van der Waals surface area contributed by atoms with Crippen LogP contribution in [0.3, 0.4) is 0 Å². The number of aliphatic hydroxyl groups excluding tert-OH is 1. The molecule has 106 valence electrons. The van der Waals surface area contributed by atoms with E-state index in [1.54, 1.807) is 22.5 Å². The zero-order valence-corrected chi connectivity index (χ0v) is 13.2. The van der Waals surface area contributed by atoms with Gasteiger partial charge < -0.3 is 5.11 Å². The molecule has 0 saturated heterocycles. The first kappa shape index (κ1) is 15.0. The average Bonchev–Trinajstić information content (AvgIpc) is 3.20. The van der Waals surface area contributed by atoms with Crippen LogP contribution in [0.2, 0.25) is 0 Å². The lowest BCUT2D eigenvalue weighted by Gasteiger charge is -2.22. The third kappa shape index (κ3) is 3.18. The molecule has 0 heterocycles. The number of sulfonamides is 1. The van der Waals surface area contributed by atoms with E-state index in [4.69, 9.17) is 5.11 Å². The predicted octanol–water partition coefficient (Wildman–Crippen LogP) is 2.50. The van der Waals surface area contributed by atoms with Gasteiger partial charge in [0.15, 0.2) is 0 Å². The molecule has 0 aromatic heterocycles. The summed E-state index contributed by atoms with van der Waals surface area (Å²) in [6.45, 7) is 2.36. The summed E-state index contributed by atoms with van der Waals surface area (Å²) in [6.07, 6.45) is 2.68. The van der Waals surface area contributed by atoms with E-state index in [0.29, 0.717) is 16.6 Å². The lowest BCUT2D eigenvalue weighted by Crippen LogP contribution is -2.34. The standard InChI is InChI=1S/C13H18BrNO3S/c1-2-7-15(11-4-5-11)19(17,18)13-8-10(9-16)3-6-12(13)14/h3,6,8,11,16H,2,4-5,7,9H2,1H3. The second-order valence-corrected chi connectivity index (χ2v) is 7.48. The molecule has 0 amide bonds. The Balaban J connectivity index is 2.42. The maximum absolute atomic E-state index is 12.7. The Labute approximate surface area is 122 Å². The Kier molecular flexibility index (Phi) is 4.66. The smallest absolute Gasteiger partial charge is 0.244 e. The molecule has 1 aliphatic carbocycles. The Hall–Kier alpha value is -0.430. The van der Waals surface area contributed by atoms with Crippen molar-refractivity contribution in [1.82, 2.24) is 4.31 Å². The van der Waals surface area contributed by atoms with Crippen molar-refractivity contribution in [2.75, 3.05) is 6.54 Å². The maximum Gasteiger partial charge on any atom is 0.244 e. The molecule has 0 aliphatic heterocycles. The highest BCUT2D eigenvalue weighted by molar-refractivity contribution is 9.10. The van der Waals surface area contributed by atoms with Crippen LogP contribution >= 0.6 is 15.9 Å². The van der Waals surface area contributed by atoms with Gasteiger partial charge in [-0.25, -0.2) is 8.42 Å². The molecular formula is C13H18BrNO3S. The van der Waals surface area contributed by atoms with Crippen molar-refractivity contribution >= 4 is 26.0 Å². The summed E-state index contributed by atoms with van der Waals surface area (Å²) in [5.74, 6) is 0. The van der Waals surface area contributed by atoms with Crippen molar-refractivity contribution in [3.8, 4) is 0 Å². The molecule has 1 N–H and O–H groups in total. The van der Waals surface area contributed by atoms with E-state index in [1.807, 2.05) is 6.92 Å². The minimum atomic E-state index is -3.49. The van der Waals surface area contributed by atoms with Gasteiger partial charge in [-0.15, -0.1) is 0 Å². The first-order chi connectivity index (χ1) is 9.00. The zero-order valence-electron chi connectivity index (χ0n) is 10.8. The van der Waals surface area contributed by atoms with Gasteiger partial charge in [0.2, 0.25) is 10.0 Å². The highest BCUT2D eigenvalue weighted by Gasteiger charge is 2.38.